The van der Waals surface area contributed by atoms with E-state index < -0.39 is 0 Å². The van der Waals surface area contributed by atoms with Gasteiger partial charge in [-0.2, -0.15) is 4.98 Å². The van der Waals surface area contributed by atoms with E-state index in [2.05, 4.69) is 149 Å². The van der Waals surface area contributed by atoms with E-state index in [1.807, 2.05) is 30.3 Å². The number of rotatable bonds is 3. The van der Waals surface area contributed by atoms with E-state index in [1.54, 1.807) is 11.3 Å². The standard InChI is InChI=1S/C50H31N5S/c1-50(2)39-25-36-32-18-10-12-20-41(32)54(30-16-8-5-9-17-30)43(36)27-34(39)35-28-44-37(26-40(35)50)33-19-11-13-21-42(33)55(44)31-22-23-45-38(24-31)46-48(51-3)52-47(53-49(46)56-45)29-14-6-4-7-15-29/h4-28H,1-2H3. The summed E-state index contributed by atoms with van der Waals surface area (Å²) >= 11 is 1.62. The molecule has 4 heterocycles. The van der Waals surface area contributed by atoms with Crippen LogP contribution in [0.15, 0.2) is 152 Å². The zero-order valence-corrected chi connectivity index (χ0v) is 31.4. The predicted molar refractivity (Wildman–Crippen MR) is 233 cm³/mol. The van der Waals surface area contributed by atoms with Gasteiger partial charge in [0.25, 0.3) is 11.6 Å². The molecule has 6 heteroatoms. The molecule has 0 bridgehead atoms. The second-order valence-electron chi connectivity index (χ2n) is 15.3. The fourth-order valence-corrected chi connectivity index (χ4v) is 10.4. The van der Waals surface area contributed by atoms with Crippen LogP contribution >= 0.6 is 11.3 Å². The molecule has 0 radical (unpaired) electrons. The van der Waals surface area contributed by atoms with Gasteiger partial charge in [-0.1, -0.05) is 98.2 Å². The Balaban J connectivity index is 1.11. The molecule has 0 amide bonds. The molecule has 0 spiro atoms. The average molecular weight is 734 g/mol. The van der Waals surface area contributed by atoms with Crippen LogP contribution in [-0.2, 0) is 5.41 Å². The van der Waals surface area contributed by atoms with E-state index in [4.69, 9.17) is 16.5 Å². The van der Waals surface area contributed by atoms with Crippen LogP contribution in [0.25, 0.3) is 103 Å². The molecule has 1 aliphatic carbocycles. The lowest BCUT2D eigenvalue weighted by Gasteiger charge is -2.22. The smallest absolute Gasteiger partial charge is 0.282 e. The van der Waals surface area contributed by atoms with Crippen LogP contribution in [0.1, 0.15) is 25.0 Å². The van der Waals surface area contributed by atoms with E-state index in [0.717, 1.165) is 48.3 Å². The second-order valence-corrected chi connectivity index (χ2v) is 16.3. The first kappa shape index (κ1) is 31.3. The Morgan fingerprint density at radius 1 is 0.536 bits per heavy atom. The van der Waals surface area contributed by atoms with Crippen LogP contribution in [0.2, 0.25) is 0 Å². The molecule has 0 fully saturated rings. The lowest BCUT2D eigenvalue weighted by Crippen LogP contribution is -2.14. The van der Waals surface area contributed by atoms with Crippen molar-refractivity contribution >= 4 is 81.1 Å². The lowest BCUT2D eigenvalue weighted by atomic mass is 9.81. The van der Waals surface area contributed by atoms with Crippen molar-refractivity contribution in [3.8, 4) is 33.9 Å². The molecule has 1 aliphatic rings. The van der Waals surface area contributed by atoms with Gasteiger partial charge in [-0.3, -0.25) is 0 Å². The molecule has 0 saturated heterocycles. The number of fused-ring (bicyclic) bond motifs is 12. The molecule has 0 unspecified atom stereocenters. The monoisotopic (exact) mass is 733 g/mol. The van der Waals surface area contributed by atoms with Crippen molar-refractivity contribution in [3.63, 3.8) is 0 Å². The van der Waals surface area contributed by atoms with Crippen molar-refractivity contribution in [2.24, 2.45) is 0 Å². The van der Waals surface area contributed by atoms with Gasteiger partial charge >= 0.3 is 0 Å². The summed E-state index contributed by atoms with van der Waals surface area (Å²) in [6.45, 7) is 12.9. The highest BCUT2D eigenvalue weighted by atomic mass is 32.1. The molecule has 56 heavy (non-hydrogen) atoms. The fourth-order valence-electron chi connectivity index (χ4n) is 9.37. The summed E-state index contributed by atoms with van der Waals surface area (Å²) in [7, 11) is 0. The maximum Gasteiger partial charge on any atom is 0.282 e. The Labute approximate surface area is 326 Å². The Morgan fingerprint density at radius 2 is 1.11 bits per heavy atom. The van der Waals surface area contributed by atoms with E-state index in [0.29, 0.717) is 11.6 Å². The highest BCUT2D eigenvalue weighted by Crippen LogP contribution is 2.53. The van der Waals surface area contributed by atoms with Crippen LogP contribution in [0.5, 0.6) is 0 Å². The van der Waals surface area contributed by atoms with Crippen LogP contribution < -0.4 is 0 Å². The number of hydrogen-bond acceptors (Lipinski definition) is 3. The molecule has 0 saturated carbocycles. The molecule has 4 aromatic heterocycles. The third-order valence-corrected chi connectivity index (χ3v) is 13.0. The van der Waals surface area contributed by atoms with Crippen molar-refractivity contribution < 1.29 is 0 Å². The van der Waals surface area contributed by atoms with Crippen molar-refractivity contribution in [1.29, 1.82) is 0 Å². The summed E-state index contributed by atoms with van der Waals surface area (Å²) in [5.41, 5.74) is 12.9. The quantitative estimate of drug-likeness (QED) is 0.170. The van der Waals surface area contributed by atoms with Gasteiger partial charge in [0.2, 0.25) is 0 Å². The molecule has 0 aliphatic heterocycles. The van der Waals surface area contributed by atoms with Gasteiger partial charge in [0.1, 0.15) is 4.83 Å². The van der Waals surface area contributed by atoms with Gasteiger partial charge in [-0.25, -0.2) is 0 Å². The average Bonchev–Trinajstić information content (AvgIpc) is 3.94. The fraction of sp³-hybridized carbons (Fsp3) is 0.0600. The maximum atomic E-state index is 8.15. The summed E-state index contributed by atoms with van der Waals surface area (Å²) in [4.78, 5) is 14.5. The summed E-state index contributed by atoms with van der Waals surface area (Å²) in [5, 5.41) is 6.81. The van der Waals surface area contributed by atoms with E-state index in [9.17, 15) is 0 Å². The minimum Gasteiger partial charge on any atom is -0.360 e. The minimum absolute atomic E-state index is 0.199. The molecule has 7 aromatic carbocycles. The Kier molecular flexibility index (Phi) is 6.28. The molecular weight excluding hydrogens is 703 g/mol. The molecule has 0 atom stereocenters. The van der Waals surface area contributed by atoms with Gasteiger partial charge in [0, 0.05) is 54.0 Å². The molecular formula is C50H31N5S. The third kappa shape index (κ3) is 4.18. The molecule has 5 nitrogen and oxygen atoms in total. The highest BCUT2D eigenvalue weighted by Gasteiger charge is 2.37. The van der Waals surface area contributed by atoms with Crippen LogP contribution in [-0.4, -0.2) is 19.1 Å². The third-order valence-electron chi connectivity index (χ3n) is 12.0. The predicted octanol–water partition coefficient (Wildman–Crippen LogP) is 13.6. The van der Waals surface area contributed by atoms with Crippen molar-refractivity contribution in [1.82, 2.24) is 19.1 Å². The van der Waals surface area contributed by atoms with E-state index in [1.165, 1.54) is 54.8 Å². The summed E-state index contributed by atoms with van der Waals surface area (Å²) in [5.74, 6) is 0.965. The number of para-hydroxylation sites is 3. The second kappa shape index (κ2) is 11.2. The summed E-state index contributed by atoms with van der Waals surface area (Å²) < 4.78 is 5.90. The minimum atomic E-state index is -0.199. The van der Waals surface area contributed by atoms with Crippen molar-refractivity contribution in [2.75, 3.05) is 0 Å². The number of hydrogen-bond donors (Lipinski definition) is 0. The first-order chi connectivity index (χ1) is 27.5. The lowest BCUT2D eigenvalue weighted by molar-refractivity contribution is 0.662. The number of aromatic nitrogens is 4. The Morgan fingerprint density at radius 3 is 1.73 bits per heavy atom. The largest absolute Gasteiger partial charge is 0.360 e. The zero-order valence-electron chi connectivity index (χ0n) is 30.6. The molecule has 12 rings (SSSR count). The van der Waals surface area contributed by atoms with Crippen LogP contribution in [0.4, 0.5) is 5.82 Å². The number of benzene rings is 7. The van der Waals surface area contributed by atoms with Crippen LogP contribution in [0.3, 0.4) is 0 Å². The summed E-state index contributed by atoms with van der Waals surface area (Å²) in [6, 6.07) is 54.5. The number of thiophene rings is 1. The Bertz CT molecular complexity index is 3510. The van der Waals surface area contributed by atoms with Gasteiger partial charge in [-0.15, -0.1) is 11.3 Å². The van der Waals surface area contributed by atoms with E-state index >= 15 is 0 Å². The number of nitrogens with zero attached hydrogens (tertiary/aromatic N) is 5. The summed E-state index contributed by atoms with van der Waals surface area (Å²) in [6.07, 6.45) is 0. The first-order valence-electron chi connectivity index (χ1n) is 18.9. The topological polar surface area (TPSA) is 40.0 Å². The molecule has 0 N–H and O–H groups in total. The normalized spacial score (nSPS) is 13.3. The zero-order chi connectivity index (χ0) is 37.3. The maximum absolute atomic E-state index is 8.15. The van der Waals surface area contributed by atoms with Crippen LogP contribution in [0, 0.1) is 6.57 Å². The first-order valence-corrected chi connectivity index (χ1v) is 19.7. The SMILES string of the molecule is [C-]#[N+]c1nc(-c2ccccc2)nc2sc3ccc(-n4c5ccccc5c5cc6c(cc54)-c4cc5c(cc4C6(C)C)c4ccccc4n5-c4ccccc4)cc3c12. The van der Waals surface area contributed by atoms with Gasteiger partial charge < -0.3 is 14.0 Å². The molecule has 11 aromatic rings. The Hall–Kier alpha value is -7.07. The van der Waals surface area contributed by atoms with Gasteiger partial charge in [0.05, 0.1) is 22.1 Å². The van der Waals surface area contributed by atoms with E-state index in [-0.39, 0.29) is 5.41 Å². The van der Waals surface area contributed by atoms with Crippen molar-refractivity contribution in [3.05, 3.63) is 174 Å². The highest BCUT2D eigenvalue weighted by molar-refractivity contribution is 7.25. The van der Waals surface area contributed by atoms with Gasteiger partial charge in [0.15, 0.2) is 0 Å². The van der Waals surface area contributed by atoms with Crippen molar-refractivity contribution in [2.45, 2.75) is 19.3 Å². The molecule has 262 valence electrons. The van der Waals surface area contributed by atoms with Gasteiger partial charge in [-0.05, 0) is 107 Å².